The molecule has 3 unspecified atom stereocenters. The summed E-state index contributed by atoms with van der Waals surface area (Å²) in [5, 5.41) is 0. The van der Waals surface area contributed by atoms with Crippen LogP contribution in [0.2, 0.25) is 0 Å². The van der Waals surface area contributed by atoms with Gasteiger partial charge in [-0.1, -0.05) is 46.5 Å². The summed E-state index contributed by atoms with van der Waals surface area (Å²) in [7, 11) is 0. The van der Waals surface area contributed by atoms with Gasteiger partial charge in [-0.15, -0.1) is 0 Å². The zero-order chi connectivity index (χ0) is 14.6. The van der Waals surface area contributed by atoms with Gasteiger partial charge < -0.3 is 5.73 Å². The molecule has 0 bridgehead atoms. The molecule has 2 rings (SSSR count). The molecule has 1 heterocycles. The minimum Gasteiger partial charge on any atom is -0.329 e. The molecular formula is C18H36N2. The third-order valence-electron chi connectivity index (χ3n) is 6.14. The van der Waals surface area contributed by atoms with E-state index in [4.69, 9.17) is 5.73 Å². The van der Waals surface area contributed by atoms with E-state index in [1.807, 2.05) is 0 Å². The van der Waals surface area contributed by atoms with Crippen LogP contribution in [0.25, 0.3) is 0 Å². The molecule has 0 spiro atoms. The summed E-state index contributed by atoms with van der Waals surface area (Å²) in [4.78, 5) is 2.87. The quantitative estimate of drug-likeness (QED) is 0.837. The van der Waals surface area contributed by atoms with Crippen LogP contribution in [-0.4, -0.2) is 29.6 Å². The Bertz CT molecular complexity index is 289. The number of hydrogen-bond donors (Lipinski definition) is 1. The largest absolute Gasteiger partial charge is 0.329 e. The van der Waals surface area contributed by atoms with E-state index in [0.29, 0.717) is 5.54 Å². The molecular weight excluding hydrogens is 244 g/mol. The summed E-state index contributed by atoms with van der Waals surface area (Å²) in [6.45, 7) is 9.33. The van der Waals surface area contributed by atoms with Crippen LogP contribution in [-0.2, 0) is 0 Å². The van der Waals surface area contributed by atoms with Crippen molar-refractivity contribution in [3.05, 3.63) is 0 Å². The minimum atomic E-state index is 0.318. The van der Waals surface area contributed by atoms with Crippen LogP contribution in [0.5, 0.6) is 0 Å². The predicted molar refractivity (Wildman–Crippen MR) is 87.8 cm³/mol. The number of likely N-dealkylation sites (tertiary alicyclic amines) is 1. The monoisotopic (exact) mass is 280 g/mol. The third kappa shape index (κ3) is 3.39. The van der Waals surface area contributed by atoms with Crippen LogP contribution < -0.4 is 5.73 Å². The number of nitrogens with zero attached hydrogens (tertiary/aromatic N) is 1. The predicted octanol–water partition coefficient (Wildman–Crippen LogP) is 4.18. The van der Waals surface area contributed by atoms with Gasteiger partial charge in [-0.3, -0.25) is 4.90 Å². The van der Waals surface area contributed by atoms with E-state index in [2.05, 4.69) is 25.7 Å². The molecule has 0 radical (unpaired) electrons. The second-order valence-corrected chi connectivity index (χ2v) is 7.63. The lowest BCUT2D eigenvalue weighted by atomic mass is 9.70. The lowest BCUT2D eigenvalue weighted by molar-refractivity contribution is -0.00540. The van der Waals surface area contributed by atoms with Gasteiger partial charge in [0.1, 0.15) is 0 Å². The standard InChI is InChI=1S/C18H36N2/c1-4-17-10-6-5-7-12-20(17)18(14-19)11-8-9-16(13-18)15(2)3/h15-17H,4-14,19H2,1-3H3. The first-order chi connectivity index (χ1) is 9.63. The van der Waals surface area contributed by atoms with Gasteiger partial charge in [-0.05, 0) is 50.5 Å². The minimum absolute atomic E-state index is 0.318. The molecule has 2 aliphatic rings. The lowest BCUT2D eigenvalue weighted by Gasteiger charge is -2.51. The lowest BCUT2D eigenvalue weighted by Crippen LogP contribution is -2.60. The molecule has 1 saturated heterocycles. The topological polar surface area (TPSA) is 29.3 Å². The van der Waals surface area contributed by atoms with E-state index in [1.165, 1.54) is 64.3 Å². The van der Waals surface area contributed by atoms with Crippen LogP contribution in [0.3, 0.4) is 0 Å². The maximum atomic E-state index is 6.36. The van der Waals surface area contributed by atoms with Crippen molar-refractivity contribution in [2.75, 3.05) is 13.1 Å². The Morgan fingerprint density at radius 3 is 2.60 bits per heavy atom. The molecule has 118 valence electrons. The molecule has 0 amide bonds. The van der Waals surface area contributed by atoms with E-state index in [0.717, 1.165) is 24.4 Å². The molecule has 0 aromatic rings. The van der Waals surface area contributed by atoms with Crippen LogP contribution in [0, 0.1) is 11.8 Å². The van der Waals surface area contributed by atoms with Gasteiger partial charge in [-0.25, -0.2) is 0 Å². The Balaban J connectivity index is 2.18. The first-order valence-corrected chi connectivity index (χ1v) is 9.10. The maximum absolute atomic E-state index is 6.36. The zero-order valence-corrected chi connectivity index (χ0v) is 14.0. The molecule has 1 aliphatic carbocycles. The molecule has 20 heavy (non-hydrogen) atoms. The van der Waals surface area contributed by atoms with Gasteiger partial charge in [0.05, 0.1) is 0 Å². The Morgan fingerprint density at radius 1 is 1.15 bits per heavy atom. The van der Waals surface area contributed by atoms with Crippen molar-refractivity contribution in [1.82, 2.24) is 4.90 Å². The van der Waals surface area contributed by atoms with E-state index < -0.39 is 0 Å². The number of hydrogen-bond acceptors (Lipinski definition) is 2. The summed E-state index contributed by atoms with van der Waals surface area (Å²) in [5.41, 5.74) is 6.68. The Morgan fingerprint density at radius 2 is 1.95 bits per heavy atom. The first kappa shape index (κ1) is 16.3. The highest BCUT2D eigenvalue weighted by Crippen LogP contribution is 2.42. The van der Waals surface area contributed by atoms with Crippen LogP contribution in [0.4, 0.5) is 0 Å². The fraction of sp³-hybridized carbons (Fsp3) is 1.00. The smallest absolute Gasteiger partial charge is 0.0337 e. The average Bonchev–Trinajstić information content (AvgIpc) is 2.72. The molecule has 2 nitrogen and oxygen atoms in total. The van der Waals surface area contributed by atoms with Crippen molar-refractivity contribution < 1.29 is 0 Å². The molecule has 2 N–H and O–H groups in total. The Kier molecular flexibility index (Phi) is 5.92. The molecule has 2 heteroatoms. The van der Waals surface area contributed by atoms with Crippen molar-refractivity contribution in [2.24, 2.45) is 17.6 Å². The summed E-state index contributed by atoms with van der Waals surface area (Å²) in [6, 6.07) is 0.784. The highest BCUT2D eigenvalue weighted by molar-refractivity contribution is 4.99. The van der Waals surface area contributed by atoms with Crippen LogP contribution in [0.1, 0.15) is 78.6 Å². The van der Waals surface area contributed by atoms with E-state index >= 15 is 0 Å². The number of nitrogens with two attached hydrogens (primary N) is 1. The summed E-state index contributed by atoms with van der Waals surface area (Å²) < 4.78 is 0. The fourth-order valence-corrected chi connectivity index (χ4v) is 4.74. The molecule has 0 aromatic carbocycles. The third-order valence-corrected chi connectivity index (χ3v) is 6.14. The average molecular weight is 280 g/mol. The second kappa shape index (κ2) is 7.26. The van der Waals surface area contributed by atoms with Crippen LogP contribution in [0.15, 0.2) is 0 Å². The van der Waals surface area contributed by atoms with E-state index in [1.54, 1.807) is 0 Å². The van der Waals surface area contributed by atoms with Crippen molar-refractivity contribution in [3.8, 4) is 0 Å². The molecule has 1 aliphatic heterocycles. The van der Waals surface area contributed by atoms with Crippen molar-refractivity contribution >= 4 is 0 Å². The van der Waals surface area contributed by atoms with Gasteiger partial charge in [0.15, 0.2) is 0 Å². The zero-order valence-electron chi connectivity index (χ0n) is 14.0. The number of rotatable bonds is 4. The SMILES string of the molecule is CCC1CCCCCN1C1(CN)CCCC(C(C)C)C1. The highest BCUT2D eigenvalue weighted by atomic mass is 15.2. The first-order valence-electron chi connectivity index (χ1n) is 9.10. The van der Waals surface area contributed by atoms with E-state index in [-0.39, 0.29) is 0 Å². The van der Waals surface area contributed by atoms with Crippen LogP contribution >= 0.6 is 0 Å². The molecule has 3 atom stereocenters. The second-order valence-electron chi connectivity index (χ2n) is 7.63. The van der Waals surface area contributed by atoms with E-state index in [9.17, 15) is 0 Å². The normalized spacial score (nSPS) is 37.0. The van der Waals surface area contributed by atoms with Gasteiger partial charge in [-0.2, -0.15) is 0 Å². The molecule has 0 aromatic heterocycles. The van der Waals surface area contributed by atoms with Crippen molar-refractivity contribution in [1.29, 1.82) is 0 Å². The maximum Gasteiger partial charge on any atom is 0.0337 e. The van der Waals surface area contributed by atoms with Crippen molar-refractivity contribution in [2.45, 2.75) is 90.1 Å². The molecule has 1 saturated carbocycles. The fourth-order valence-electron chi connectivity index (χ4n) is 4.74. The summed E-state index contributed by atoms with van der Waals surface area (Å²) >= 11 is 0. The van der Waals surface area contributed by atoms with Gasteiger partial charge in [0.25, 0.3) is 0 Å². The summed E-state index contributed by atoms with van der Waals surface area (Å²) in [5.74, 6) is 1.70. The highest BCUT2D eigenvalue weighted by Gasteiger charge is 2.43. The Labute approximate surface area is 126 Å². The Hall–Kier alpha value is -0.0800. The van der Waals surface area contributed by atoms with Gasteiger partial charge in [0, 0.05) is 18.1 Å². The molecule has 2 fully saturated rings. The van der Waals surface area contributed by atoms with Gasteiger partial charge >= 0.3 is 0 Å². The van der Waals surface area contributed by atoms with Crippen molar-refractivity contribution in [3.63, 3.8) is 0 Å². The van der Waals surface area contributed by atoms with Gasteiger partial charge in [0.2, 0.25) is 0 Å². The summed E-state index contributed by atoms with van der Waals surface area (Å²) in [6.07, 6.45) is 12.4.